The molecule has 0 spiro atoms. The maximum absolute atomic E-state index is 13.5. The average Bonchev–Trinajstić information content (AvgIpc) is 2.31. The molecule has 1 atom stereocenters. The highest BCUT2D eigenvalue weighted by Gasteiger charge is 2.15. The highest BCUT2D eigenvalue weighted by Crippen LogP contribution is 2.23. The van der Waals surface area contributed by atoms with Crippen LogP contribution in [-0.2, 0) is 4.79 Å². The van der Waals surface area contributed by atoms with Crippen LogP contribution in [0, 0.1) is 11.6 Å². The molecule has 0 aromatic heterocycles. The van der Waals surface area contributed by atoms with Crippen molar-refractivity contribution >= 4 is 33.6 Å². The summed E-state index contributed by atoms with van der Waals surface area (Å²) in [7, 11) is 0. The van der Waals surface area contributed by atoms with Gasteiger partial charge in [0.05, 0.1) is 0 Å². The van der Waals surface area contributed by atoms with Crippen molar-refractivity contribution < 1.29 is 23.5 Å². The SMILES string of the molecule is CC(CCC(=O)O)NC(=O)Nc1c(F)cc(Br)cc1F. The first-order valence-corrected chi connectivity index (χ1v) is 6.52. The van der Waals surface area contributed by atoms with Crippen LogP contribution in [0.5, 0.6) is 0 Å². The summed E-state index contributed by atoms with van der Waals surface area (Å²) in [5, 5.41) is 12.9. The number of benzene rings is 1. The van der Waals surface area contributed by atoms with E-state index in [4.69, 9.17) is 5.11 Å². The number of amides is 2. The highest BCUT2D eigenvalue weighted by molar-refractivity contribution is 9.10. The molecule has 0 aliphatic rings. The molecule has 1 unspecified atom stereocenters. The van der Waals surface area contributed by atoms with Gasteiger partial charge in [0.2, 0.25) is 0 Å². The minimum Gasteiger partial charge on any atom is -0.481 e. The Kier molecular flexibility index (Phi) is 5.87. The van der Waals surface area contributed by atoms with Crippen LogP contribution in [0.15, 0.2) is 16.6 Å². The van der Waals surface area contributed by atoms with Gasteiger partial charge < -0.3 is 15.7 Å². The van der Waals surface area contributed by atoms with E-state index in [-0.39, 0.29) is 17.3 Å². The molecule has 20 heavy (non-hydrogen) atoms. The Morgan fingerprint density at radius 1 is 1.35 bits per heavy atom. The van der Waals surface area contributed by atoms with Crippen LogP contribution in [0.4, 0.5) is 19.3 Å². The second kappa shape index (κ2) is 7.18. The smallest absolute Gasteiger partial charge is 0.319 e. The fourth-order valence-corrected chi connectivity index (χ4v) is 1.85. The first-order valence-electron chi connectivity index (χ1n) is 5.73. The van der Waals surface area contributed by atoms with Crippen LogP contribution in [0.1, 0.15) is 19.8 Å². The number of urea groups is 1. The van der Waals surface area contributed by atoms with Crippen molar-refractivity contribution in [3.63, 3.8) is 0 Å². The lowest BCUT2D eigenvalue weighted by molar-refractivity contribution is -0.137. The molecule has 5 nitrogen and oxygen atoms in total. The predicted molar refractivity (Wildman–Crippen MR) is 72.5 cm³/mol. The number of carbonyl (C=O) groups is 2. The van der Waals surface area contributed by atoms with Gasteiger partial charge in [-0.1, -0.05) is 15.9 Å². The molecule has 0 saturated heterocycles. The quantitative estimate of drug-likeness (QED) is 0.763. The number of hydrogen-bond donors (Lipinski definition) is 3. The Labute approximate surface area is 122 Å². The number of carboxylic acids is 1. The van der Waals surface area contributed by atoms with E-state index >= 15 is 0 Å². The third-order valence-corrected chi connectivity index (χ3v) is 2.87. The van der Waals surface area contributed by atoms with Gasteiger partial charge in [0, 0.05) is 16.9 Å². The molecule has 0 radical (unpaired) electrons. The van der Waals surface area contributed by atoms with E-state index in [1.807, 2.05) is 0 Å². The monoisotopic (exact) mass is 350 g/mol. The molecule has 2 amide bonds. The Hall–Kier alpha value is -1.70. The first-order chi connectivity index (χ1) is 9.29. The zero-order valence-corrected chi connectivity index (χ0v) is 12.1. The number of hydrogen-bond acceptors (Lipinski definition) is 2. The molecule has 0 aliphatic carbocycles. The van der Waals surface area contributed by atoms with E-state index in [2.05, 4.69) is 26.6 Å². The number of carboxylic acid groups (broad SMARTS) is 1. The molecular formula is C12H13BrF2N2O3. The minimum absolute atomic E-state index is 0.109. The molecule has 8 heteroatoms. The van der Waals surface area contributed by atoms with Gasteiger partial charge in [-0.3, -0.25) is 4.79 Å². The van der Waals surface area contributed by atoms with Crippen molar-refractivity contribution in [1.29, 1.82) is 0 Å². The van der Waals surface area contributed by atoms with E-state index in [1.165, 1.54) is 0 Å². The standard InChI is InChI=1S/C12H13BrF2N2O3/c1-6(2-3-10(18)19)16-12(20)17-11-8(14)4-7(13)5-9(11)15/h4-6H,2-3H2,1H3,(H,18,19)(H2,16,17,20). The molecule has 1 rings (SSSR count). The lowest BCUT2D eigenvalue weighted by atomic mass is 10.2. The summed E-state index contributed by atoms with van der Waals surface area (Å²) < 4.78 is 27.2. The van der Waals surface area contributed by atoms with Crippen molar-refractivity contribution in [1.82, 2.24) is 5.32 Å². The minimum atomic E-state index is -0.982. The third kappa shape index (κ3) is 5.12. The van der Waals surface area contributed by atoms with E-state index in [9.17, 15) is 18.4 Å². The lowest BCUT2D eigenvalue weighted by Gasteiger charge is -2.14. The van der Waals surface area contributed by atoms with Crippen LogP contribution in [0.3, 0.4) is 0 Å². The van der Waals surface area contributed by atoms with Crippen LogP contribution < -0.4 is 10.6 Å². The van der Waals surface area contributed by atoms with Crippen LogP contribution in [0.25, 0.3) is 0 Å². The van der Waals surface area contributed by atoms with E-state index in [1.54, 1.807) is 6.92 Å². The van der Waals surface area contributed by atoms with E-state index in [0.29, 0.717) is 0 Å². The molecule has 3 N–H and O–H groups in total. The largest absolute Gasteiger partial charge is 0.481 e. The van der Waals surface area contributed by atoms with Gasteiger partial charge in [-0.15, -0.1) is 0 Å². The Balaban J connectivity index is 2.61. The Bertz CT molecular complexity index is 502. The molecule has 110 valence electrons. The van der Waals surface area contributed by atoms with Gasteiger partial charge >= 0.3 is 12.0 Å². The fourth-order valence-electron chi connectivity index (χ4n) is 1.45. The molecule has 0 saturated carbocycles. The Morgan fingerprint density at radius 3 is 2.40 bits per heavy atom. The second-order valence-electron chi connectivity index (χ2n) is 4.18. The summed E-state index contributed by atoms with van der Waals surface area (Å²) in [6.45, 7) is 1.59. The maximum atomic E-state index is 13.5. The molecule has 0 aliphatic heterocycles. The number of carbonyl (C=O) groups excluding carboxylic acids is 1. The first kappa shape index (κ1) is 16.4. The van der Waals surface area contributed by atoms with Gasteiger partial charge in [0.25, 0.3) is 0 Å². The number of aliphatic carboxylic acids is 1. The zero-order chi connectivity index (χ0) is 15.3. The van der Waals surface area contributed by atoms with Gasteiger partial charge in [0.15, 0.2) is 11.6 Å². The van der Waals surface area contributed by atoms with Crippen molar-refractivity contribution in [3.8, 4) is 0 Å². The topological polar surface area (TPSA) is 78.4 Å². The highest BCUT2D eigenvalue weighted by atomic mass is 79.9. The molecule has 1 aromatic carbocycles. The summed E-state index contributed by atoms with van der Waals surface area (Å²) in [4.78, 5) is 21.9. The van der Waals surface area contributed by atoms with Crippen molar-refractivity contribution in [2.45, 2.75) is 25.8 Å². The van der Waals surface area contributed by atoms with Gasteiger partial charge in [0.1, 0.15) is 5.69 Å². The van der Waals surface area contributed by atoms with Crippen molar-refractivity contribution in [3.05, 3.63) is 28.2 Å². The summed E-state index contributed by atoms with van der Waals surface area (Å²) in [6, 6.07) is 0.801. The lowest BCUT2D eigenvalue weighted by Crippen LogP contribution is -2.36. The number of nitrogens with one attached hydrogen (secondary N) is 2. The van der Waals surface area contributed by atoms with Gasteiger partial charge in [-0.05, 0) is 25.5 Å². The summed E-state index contributed by atoms with van der Waals surface area (Å²) in [5.74, 6) is -2.81. The van der Waals surface area contributed by atoms with Crippen LogP contribution >= 0.6 is 15.9 Å². The fraction of sp³-hybridized carbons (Fsp3) is 0.333. The summed E-state index contributed by atoms with van der Waals surface area (Å²) in [5.41, 5.74) is -0.559. The summed E-state index contributed by atoms with van der Waals surface area (Å²) in [6.07, 6.45) is 0.108. The second-order valence-corrected chi connectivity index (χ2v) is 5.09. The van der Waals surface area contributed by atoms with Gasteiger partial charge in [-0.2, -0.15) is 0 Å². The molecule has 0 bridgehead atoms. The third-order valence-electron chi connectivity index (χ3n) is 2.41. The number of anilines is 1. The predicted octanol–water partition coefficient (Wildman–Crippen LogP) is 3.10. The molecular weight excluding hydrogens is 338 g/mol. The number of halogens is 3. The van der Waals surface area contributed by atoms with E-state index in [0.717, 1.165) is 12.1 Å². The van der Waals surface area contributed by atoms with E-state index < -0.39 is 35.4 Å². The molecule has 1 aromatic rings. The van der Waals surface area contributed by atoms with Crippen molar-refractivity contribution in [2.75, 3.05) is 5.32 Å². The van der Waals surface area contributed by atoms with Gasteiger partial charge in [-0.25, -0.2) is 13.6 Å². The van der Waals surface area contributed by atoms with Crippen molar-refractivity contribution in [2.24, 2.45) is 0 Å². The average molecular weight is 351 g/mol. The van der Waals surface area contributed by atoms with Crippen LogP contribution in [0.2, 0.25) is 0 Å². The number of rotatable bonds is 5. The normalized spacial score (nSPS) is 11.8. The maximum Gasteiger partial charge on any atom is 0.319 e. The zero-order valence-electron chi connectivity index (χ0n) is 10.5. The molecule has 0 heterocycles. The summed E-state index contributed by atoms with van der Waals surface area (Å²) >= 11 is 2.92. The molecule has 0 fully saturated rings. The van der Waals surface area contributed by atoms with Crippen LogP contribution in [-0.4, -0.2) is 23.1 Å². The Morgan fingerprint density at radius 2 is 1.90 bits per heavy atom.